The molecule has 1 unspecified atom stereocenters. The molecule has 1 fully saturated rings. The molecule has 6 heteroatoms. The van der Waals surface area contributed by atoms with Crippen LogP contribution < -0.4 is 5.32 Å². The van der Waals surface area contributed by atoms with Gasteiger partial charge in [-0.05, 0) is 31.5 Å². The van der Waals surface area contributed by atoms with Crippen molar-refractivity contribution in [2.24, 2.45) is 0 Å². The Morgan fingerprint density at radius 3 is 2.53 bits per heavy atom. The maximum absolute atomic E-state index is 13.4. The van der Waals surface area contributed by atoms with E-state index in [1.807, 2.05) is 0 Å². The van der Waals surface area contributed by atoms with E-state index >= 15 is 0 Å². The summed E-state index contributed by atoms with van der Waals surface area (Å²) in [7, 11) is 0. The minimum absolute atomic E-state index is 0.0232. The number of carbonyl (C=O) groups is 1. The SMILES string of the molecule is O=C(c1ccc(C(F)(F)F)c(F)c1)C1CCCCN1. The molecule has 0 bridgehead atoms. The van der Waals surface area contributed by atoms with Crippen LogP contribution in [0, 0.1) is 5.82 Å². The van der Waals surface area contributed by atoms with Crippen LogP contribution in [0.25, 0.3) is 0 Å². The molecule has 0 aliphatic carbocycles. The Balaban J connectivity index is 2.22. The van der Waals surface area contributed by atoms with Gasteiger partial charge in [-0.1, -0.05) is 12.5 Å². The van der Waals surface area contributed by atoms with Gasteiger partial charge in [-0.3, -0.25) is 4.79 Å². The molecule has 0 aromatic heterocycles. The second-order valence-corrected chi connectivity index (χ2v) is 4.56. The Labute approximate surface area is 107 Å². The summed E-state index contributed by atoms with van der Waals surface area (Å²) < 4.78 is 50.6. The van der Waals surface area contributed by atoms with Crippen LogP contribution in [0.3, 0.4) is 0 Å². The van der Waals surface area contributed by atoms with Gasteiger partial charge < -0.3 is 5.32 Å². The molecule has 19 heavy (non-hydrogen) atoms. The Morgan fingerprint density at radius 2 is 2.00 bits per heavy atom. The molecule has 0 spiro atoms. The molecule has 1 saturated heterocycles. The van der Waals surface area contributed by atoms with Gasteiger partial charge in [-0.2, -0.15) is 13.2 Å². The Morgan fingerprint density at radius 1 is 1.26 bits per heavy atom. The zero-order valence-electron chi connectivity index (χ0n) is 10.1. The number of benzene rings is 1. The van der Waals surface area contributed by atoms with Gasteiger partial charge in [-0.25, -0.2) is 4.39 Å². The van der Waals surface area contributed by atoms with Gasteiger partial charge in [0.05, 0.1) is 11.6 Å². The first-order valence-corrected chi connectivity index (χ1v) is 6.04. The van der Waals surface area contributed by atoms with Crippen molar-refractivity contribution in [1.29, 1.82) is 0 Å². The monoisotopic (exact) mass is 275 g/mol. The molecule has 0 radical (unpaired) electrons. The summed E-state index contributed by atoms with van der Waals surface area (Å²) in [4.78, 5) is 12.0. The lowest BCUT2D eigenvalue weighted by atomic mass is 9.95. The molecular formula is C13H13F4NO. The summed E-state index contributed by atoms with van der Waals surface area (Å²) in [6.07, 6.45) is -2.27. The molecule has 1 aromatic rings. The normalized spacial score (nSPS) is 20.3. The van der Waals surface area contributed by atoms with Crippen molar-refractivity contribution in [2.75, 3.05) is 6.54 Å². The Bertz CT molecular complexity index is 478. The van der Waals surface area contributed by atoms with E-state index in [9.17, 15) is 22.4 Å². The summed E-state index contributed by atoms with van der Waals surface area (Å²) in [6, 6.07) is 1.89. The summed E-state index contributed by atoms with van der Waals surface area (Å²) in [5, 5.41) is 2.99. The van der Waals surface area contributed by atoms with E-state index in [1.165, 1.54) is 0 Å². The van der Waals surface area contributed by atoms with Crippen molar-refractivity contribution < 1.29 is 22.4 Å². The quantitative estimate of drug-likeness (QED) is 0.663. The largest absolute Gasteiger partial charge is 0.419 e. The molecule has 1 aromatic carbocycles. The van der Waals surface area contributed by atoms with Gasteiger partial charge in [0, 0.05) is 5.56 Å². The number of rotatable bonds is 2. The van der Waals surface area contributed by atoms with Crippen molar-refractivity contribution in [3.8, 4) is 0 Å². The van der Waals surface area contributed by atoms with Crippen molar-refractivity contribution >= 4 is 5.78 Å². The van der Waals surface area contributed by atoms with Gasteiger partial charge in [0.2, 0.25) is 0 Å². The Kier molecular flexibility index (Phi) is 3.89. The first-order chi connectivity index (χ1) is 8.89. The number of ketones is 1. The van der Waals surface area contributed by atoms with Crippen LogP contribution in [0.4, 0.5) is 17.6 Å². The predicted octanol–water partition coefficient (Wildman–Crippen LogP) is 3.17. The van der Waals surface area contributed by atoms with Crippen LogP contribution >= 0.6 is 0 Å². The lowest BCUT2D eigenvalue weighted by Gasteiger charge is -2.22. The zero-order valence-corrected chi connectivity index (χ0v) is 10.1. The van der Waals surface area contributed by atoms with Gasteiger partial charge in [0.1, 0.15) is 5.82 Å². The second kappa shape index (κ2) is 5.28. The van der Waals surface area contributed by atoms with E-state index in [-0.39, 0.29) is 11.3 Å². The van der Waals surface area contributed by atoms with E-state index in [0.29, 0.717) is 25.1 Å². The fourth-order valence-electron chi connectivity index (χ4n) is 2.18. The molecule has 0 amide bonds. The van der Waals surface area contributed by atoms with Gasteiger partial charge in [-0.15, -0.1) is 0 Å². The van der Waals surface area contributed by atoms with Gasteiger partial charge >= 0.3 is 6.18 Å². The molecular weight excluding hydrogens is 262 g/mol. The minimum Gasteiger partial charge on any atom is -0.307 e. The van der Waals surface area contributed by atoms with Crippen LogP contribution in [0.5, 0.6) is 0 Å². The third kappa shape index (κ3) is 3.12. The number of alkyl halides is 3. The first kappa shape index (κ1) is 14.0. The van der Waals surface area contributed by atoms with Crippen LogP contribution in [0.15, 0.2) is 18.2 Å². The molecule has 2 rings (SSSR count). The lowest BCUT2D eigenvalue weighted by molar-refractivity contribution is -0.140. The van der Waals surface area contributed by atoms with Crippen LogP contribution in [-0.4, -0.2) is 18.4 Å². The smallest absolute Gasteiger partial charge is 0.307 e. The number of halogens is 4. The number of hydrogen-bond acceptors (Lipinski definition) is 2. The standard InChI is InChI=1S/C13H13F4NO/c14-10-7-8(4-5-9(10)13(15,16)17)12(19)11-3-1-2-6-18-11/h4-5,7,11,18H,1-3,6H2. The third-order valence-electron chi connectivity index (χ3n) is 3.19. The fraction of sp³-hybridized carbons (Fsp3) is 0.462. The maximum atomic E-state index is 13.4. The molecule has 0 saturated carbocycles. The van der Waals surface area contributed by atoms with E-state index in [1.54, 1.807) is 0 Å². The second-order valence-electron chi connectivity index (χ2n) is 4.56. The zero-order chi connectivity index (χ0) is 14.0. The highest BCUT2D eigenvalue weighted by Crippen LogP contribution is 2.31. The number of hydrogen-bond donors (Lipinski definition) is 1. The average Bonchev–Trinajstić information content (AvgIpc) is 2.37. The molecule has 1 aliphatic heterocycles. The number of Topliss-reactive ketones (excluding diaryl/α,β-unsaturated/α-hetero) is 1. The van der Waals surface area contributed by atoms with Crippen LogP contribution in [-0.2, 0) is 6.18 Å². The van der Waals surface area contributed by atoms with E-state index in [2.05, 4.69) is 5.32 Å². The first-order valence-electron chi connectivity index (χ1n) is 6.04. The molecule has 1 N–H and O–H groups in total. The van der Waals surface area contributed by atoms with Crippen LogP contribution in [0.1, 0.15) is 35.2 Å². The van der Waals surface area contributed by atoms with E-state index in [4.69, 9.17) is 0 Å². The molecule has 1 atom stereocenters. The van der Waals surface area contributed by atoms with Crippen molar-refractivity contribution in [3.63, 3.8) is 0 Å². The average molecular weight is 275 g/mol. The summed E-state index contributed by atoms with van der Waals surface area (Å²) >= 11 is 0. The van der Waals surface area contributed by atoms with Gasteiger partial charge in [0.25, 0.3) is 0 Å². The highest BCUT2D eigenvalue weighted by Gasteiger charge is 2.34. The minimum atomic E-state index is -4.74. The molecule has 1 heterocycles. The van der Waals surface area contributed by atoms with Crippen molar-refractivity contribution in [2.45, 2.75) is 31.5 Å². The fourth-order valence-corrected chi connectivity index (χ4v) is 2.18. The van der Waals surface area contributed by atoms with Crippen molar-refractivity contribution in [1.82, 2.24) is 5.32 Å². The molecule has 104 valence electrons. The molecule has 1 aliphatic rings. The summed E-state index contributed by atoms with van der Waals surface area (Å²) in [6.45, 7) is 0.694. The van der Waals surface area contributed by atoms with Crippen molar-refractivity contribution in [3.05, 3.63) is 35.1 Å². The topological polar surface area (TPSA) is 29.1 Å². The third-order valence-corrected chi connectivity index (χ3v) is 3.19. The number of carbonyl (C=O) groups excluding carboxylic acids is 1. The highest BCUT2D eigenvalue weighted by molar-refractivity contribution is 6.00. The number of piperidine rings is 1. The van der Waals surface area contributed by atoms with Crippen LogP contribution in [0.2, 0.25) is 0 Å². The van der Waals surface area contributed by atoms with Gasteiger partial charge in [0.15, 0.2) is 5.78 Å². The van der Waals surface area contributed by atoms with E-state index in [0.717, 1.165) is 18.9 Å². The summed E-state index contributed by atoms with van der Waals surface area (Å²) in [5.74, 6) is -1.76. The lowest BCUT2D eigenvalue weighted by Crippen LogP contribution is -2.40. The highest BCUT2D eigenvalue weighted by atomic mass is 19.4. The molecule has 2 nitrogen and oxygen atoms in total. The Hall–Kier alpha value is -1.43. The van der Waals surface area contributed by atoms with E-state index < -0.39 is 23.6 Å². The number of nitrogens with one attached hydrogen (secondary N) is 1. The summed E-state index contributed by atoms with van der Waals surface area (Å²) in [5.41, 5.74) is -1.37. The maximum Gasteiger partial charge on any atom is 0.419 e. The predicted molar refractivity (Wildman–Crippen MR) is 61.4 cm³/mol.